The molecule has 8 heteroatoms. The van der Waals surface area contributed by atoms with Gasteiger partial charge in [0.1, 0.15) is 41.3 Å². The van der Waals surface area contributed by atoms with Crippen molar-refractivity contribution in [1.82, 2.24) is 14.9 Å². The Balaban J connectivity index is 1.66. The van der Waals surface area contributed by atoms with Crippen LogP contribution < -0.4 is 11.1 Å². The van der Waals surface area contributed by atoms with E-state index in [1.165, 1.54) is 11.9 Å². The molecule has 0 saturated carbocycles. The summed E-state index contributed by atoms with van der Waals surface area (Å²) < 4.78 is 13.9. The maximum Gasteiger partial charge on any atom is 0.150 e. The summed E-state index contributed by atoms with van der Waals surface area (Å²) >= 11 is 0. The molecular formula is C18H18FN7. The number of nitrogens with two attached hydrogens (primary N) is 1. The van der Waals surface area contributed by atoms with Gasteiger partial charge in [-0.25, -0.2) is 19.4 Å². The number of aliphatic imine (C=N–C) groups is 1. The predicted octanol–water partition coefficient (Wildman–Crippen LogP) is 2.63. The monoisotopic (exact) mass is 351 g/mol. The van der Waals surface area contributed by atoms with Gasteiger partial charge < -0.3 is 16.0 Å². The Labute approximate surface area is 150 Å². The zero-order valence-electron chi connectivity index (χ0n) is 14.3. The number of hydrogen-bond acceptors (Lipinski definition) is 7. The number of nitrogens with one attached hydrogen (secondary N) is 1. The van der Waals surface area contributed by atoms with Gasteiger partial charge in [-0.3, -0.25) is 0 Å². The quantitative estimate of drug-likeness (QED) is 0.868. The van der Waals surface area contributed by atoms with Crippen molar-refractivity contribution in [3.8, 4) is 6.07 Å². The average molecular weight is 351 g/mol. The Morgan fingerprint density at radius 1 is 1.35 bits per heavy atom. The van der Waals surface area contributed by atoms with Crippen LogP contribution in [0, 0.1) is 11.3 Å². The number of anilines is 2. The van der Waals surface area contributed by atoms with Crippen LogP contribution in [0.3, 0.4) is 0 Å². The van der Waals surface area contributed by atoms with Crippen molar-refractivity contribution in [2.75, 3.05) is 17.6 Å². The number of nitriles is 1. The largest absolute Gasteiger partial charge is 0.382 e. The fourth-order valence-electron chi connectivity index (χ4n) is 3.62. The van der Waals surface area contributed by atoms with Crippen molar-refractivity contribution in [3.05, 3.63) is 46.8 Å². The van der Waals surface area contributed by atoms with Gasteiger partial charge in [-0.05, 0) is 31.4 Å². The molecule has 3 N–H and O–H groups in total. The fourth-order valence-corrected chi connectivity index (χ4v) is 3.62. The highest BCUT2D eigenvalue weighted by Crippen LogP contribution is 2.39. The molecule has 3 heterocycles. The molecule has 3 aliphatic rings. The molecule has 26 heavy (non-hydrogen) atoms. The number of rotatable bonds is 3. The van der Waals surface area contributed by atoms with Gasteiger partial charge in [0, 0.05) is 24.7 Å². The Hall–Kier alpha value is -3.21. The molecule has 0 radical (unpaired) electrons. The van der Waals surface area contributed by atoms with Crippen LogP contribution in [0.15, 0.2) is 46.3 Å². The first kappa shape index (κ1) is 16.3. The van der Waals surface area contributed by atoms with Gasteiger partial charge in [0.25, 0.3) is 0 Å². The van der Waals surface area contributed by atoms with Gasteiger partial charge >= 0.3 is 0 Å². The molecule has 7 nitrogen and oxygen atoms in total. The number of aromatic nitrogens is 2. The van der Waals surface area contributed by atoms with E-state index in [-0.39, 0.29) is 23.3 Å². The third-order valence-corrected chi connectivity index (χ3v) is 4.83. The summed E-state index contributed by atoms with van der Waals surface area (Å²) in [6.07, 6.45) is 6.71. The van der Waals surface area contributed by atoms with Gasteiger partial charge in [0.2, 0.25) is 0 Å². The maximum atomic E-state index is 13.9. The van der Waals surface area contributed by atoms with Crippen molar-refractivity contribution in [3.63, 3.8) is 0 Å². The van der Waals surface area contributed by atoms with Crippen molar-refractivity contribution in [1.29, 1.82) is 5.26 Å². The summed E-state index contributed by atoms with van der Waals surface area (Å²) in [6.45, 7) is 2.77. The van der Waals surface area contributed by atoms with Gasteiger partial charge in [-0.15, -0.1) is 0 Å². The molecule has 0 amide bonds. The third-order valence-electron chi connectivity index (χ3n) is 4.83. The van der Waals surface area contributed by atoms with Crippen LogP contribution in [0.25, 0.3) is 0 Å². The second-order valence-electron chi connectivity index (χ2n) is 6.48. The first-order valence-electron chi connectivity index (χ1n) is 8.49. The molecular weight excluding hydrogens is 333 g/mol. The van der Waals surface area contributed by atoms with Gasteiger partial charge in [-0.1, -0.05) is 0 Å². The second-order valence-corrected chi connectivity index (χ2v) is 6.48. The minimum Gasteiger partial charge on any atom is -0.382 e. The number of hydrogen-bond donors (Lipinski definition) is 2. The summed E-state index contributed by atoms with van der Waals surface area (Å²) in [5.41, 5.74) is 9.13. The zero-order valence-corrected chi connectivity index (χ0v) is 14.3. The summed E-state index contributed by atoms with van der Waals surface area (Å²) in [4.78, 5) is 14.7. The molecule has 1 aromatic heterocycles. The lowest BCUT2D eigenvalue weighted by molar-refractivity contribution is 0.541. The van der Waals surface area contributed by atoms with Crippen LogP contribution in [0.2, 0.25) is 0 Å². The zero-order chi connectivity index (χ0) is 18.3. The minimum absolute atomic E-state index is 0.106. The molecule has 2 aliphatic heterocycles. The highest BCUT2D eigenvalue weighted by atomic mass is 19.1. The normalized spacial score (nSPS) is 19.7. The van der Waals surface area contributed by atoms with E-state index in [4.69, 9.17) is 5.73 Å². The number of nitrogens with zero attached hydrogens (tertiary/aromatic N) is 5. The number of halogens is 1. The third kappa shape index (κ3) is 2.62. The van der Waals surface area contributed by atoms with Crippen LogP contribution in [0.1, 0.15) is 31.7 Å². The second kappa shape index (κ2) is 6.26. The molecule has 0 bridgehead atoms. The van der Waals surface area contributed by atoms with E-state index in [0.717, 1.165) is 36.5 Å². The van der Waals surface area contributed by atoms with E-state index < -0.39 is 0 Å². The summed E-state index contributed by atoms with van der Waals surface area (Å²) in [7, 11) is 0. The van der Waals surface area contributed by atoms with Gasteiger partial charge in [0.05, 0.1) is 11.7 Å². The van der Waals surface area contributed by atoms with Crippen molar-refractivity contribution >= 4 is 17.5 Å². The lowest BCUT2D eigenvalue weighted by Crippen LogP contribution is -2.41. The molecule has 1 aromatic rings. The van der Waals surface area contributed by atoms with Crippen LogP contribution in [0.5, 0.6) is 0 Å². The number of nitrogen functional groups attached to an aromatic ring is 1. The Bertz CT molecular complexity index is 935. The Kier molecular flexibility index (Phi) is 3.92. The minimum atomic E-state index is -0.210. The van der Waals surface area contributed by atoms with E-state index >= 15 is 0 Å². The molecule has 0 aromatic carbocycles. The van der Waals surface area contributed by atoms with Crippen molar-refractivity contribution < 1.29 is 4.39 Å². The Morgan fingerprint density at radius 3 is 3.00 bits per heavy atom. The highest BCUT2D eigenvalue weighted by molar-refractivity contribution is 5.94. The lowest BCUT2D eigenvalue weighted by atomic mass is 10.1. The highest BCUT2D eigenvalue weighted by Gasteiger charge is 2.34. The number of allylic oxidation sites excluding steroid dienone is 2. The Morgan fingerprint density at radius 2 is 2.19 bits per heavy atom. The molecule has 0 fully saturated rings. The van der Waals surface area contributed by atoms with Crippen LogP contribution >= 0.6 is 0 Å². The average Bonchev–Trinajstić information content (AvgIpc) is 2.97. The predicted molar refractivity (Wildman–Crippen MR) is 96.5 cm³/mol. The van der Waals surface area contributed by atoms with E-state index in [1.54, 1.807) is 12.3 Å². The van der Waals surface area contributed by atoms with Gasteiger partial charge in [-0.2, -0.15) is 5.26 Å². The smallest absolute Gasteiger partial charge is 0.150 e. The molecule has 4 rings (SSSR count). The van der Waals surface area contributed by atoms with Crippen molar-refractivity contribution in [2.45, 2.75) is 32.2 Å². The maximum absolute atomic E-state index is 13.9. The molecule has 1 atom stereocenters. The molecule has 0 unspecified atom stereocenters. The lowest BCUT2D eigenvalue weighted by Gasteiger charge is -2.31. The van der Waals surface area contributed by atoms with Crippen LogP contribution in [-0.4, -0.2) is 33.3 Å². The van der Waals surface area contributed by atoms with Crippen LogP contribution in [0.4, 0.5) is 16.0 Å². The summed E-state index contributed by atoms with van der Waals surface area (Å²) in [5.74, 6) is 1.23. The molecule has 132 valence electrons. The topological polar surface area (TPSA) is 103 Å². The van der Waals surface area contributed by atoms with E-state index in [2.05, 4.69) is 25.2 Å². The fraction of sp³-hybridized carbons (Fsp3) is 0.333. The van der Waals surface area contributed by atoms with E-state index in [1.807, 2.05) is 13.0 Å². The first-order chi connectivity index (χ1) is 12.6. The molecule has 0 spiro atoms. The summed E-state index contributed by atoms with van der Waals surface area (Å²) in [5, 5.41) is 12.5. The van der Waals surface area contributed by atoms with E-state index in [9.17, 15) is 9.65 Å². The molecule has 1 aliphatic carbocycles. The van der Waals surface area contributed by atoms with Gasteiger partial charge in [0.15, 0.2) is 0 Å². The SMILES string of the molecule is C[C@H](Nc1ncnc(N)c1C#N)C1=NC=C2C=C(F)CCC3=C2N1CC3. The number of amidine groups is 1. The molecule has 0 saturated heterocycles. The summed E-state index contributed by atoms with van der Waals surface area (Å²) in [6, 6.07) is 1.82. The van der Waals surface area contributed by atoms with Crippen molar-refractivity contribution in [2.24, 2.45) is 4.99 Å². The van der Waals surface area contributed by atoms with Crippen LogP contribution in [-0.2, 0) is 0 Å². The first-order valence-corrected chi connectivity index (χ1v) is 8.49. The van der Waals surface area contributed by atoms with E-state index in [0.29, 0.717) is 12.2 Å². The standard InChI is InChI=1S/C18H18FN7/c1-10(25-17-14(7-20)16(21)23-9-24-17)18-22-8-12-6-13(19)3-2-11-4-5-26(18)15(11)12/h6,8-10H,2-5H2,1H3,(H3,21,23,24,25)/t10-/m0/s1.